The second kappa shape index (κ2) is 5.18. The van der Waals surface area contributed by atoms with Crippen LogP contribution in [0.1, 0.15) is 5.56 Å². The van der Waals surface area contributed by atoms with Gasteiger partial charge in [0, 0.05) is 25.4 Å². The molecule has 5 nitrogen and oxygen atoms in total. The third kappa shape index (κ3) is 2.70. The van der Waals surface area contributed by atoms with Crippen LogP contribution in [-0.2, 0) is 4.74 Å². The molecule has 0 aliphatic rings. The van der Waals surface area contributed by atoms with Crippen molar-refractivity contribution in [3.8, 4) is 0 Å². The summed E-state index contributed by atoms with van der Waals surface area (Å²) in [6.45, 7) is 1.27. The lowest BCUT2D eigenvalue weighted by Crippen LogP contribution is -2.16. The summed E-state index contributed by atoms with van der Waals surface area (Å²) in [5.41, 5.74) is 6.83. The van der Waals surface area contributed by atoms with E-state index in [1.165, 1.54) is 0 Å². The summed E-state index contributed by atoms with van der Waals surface area (Å²) in [5.74, 6) is 0.0346. The third-order valence-electron chi connectivity index (χ3n) is 1.73. The van der Waals surface area contributed by atoms with Crippen molar-refractivity contribution >= 4 is 11.5 Å². The van der Waals surface area contributed by atoms with E-state index >= 15 is 0 Å². The molecule has 1 aromatic heterocycles. The van der Waals surface area contributed by atoms with E-state index in [1.54, 1.807) is 25.6 Å². The molecule has 0 aromatic carbocycles. The molecule has 1 heterocycles. The minimum Gasteiger partial charge on any atom is -0.384 e. The van der Waals surface area contributed by atoms with Gasteiger partial charge in [0.15, 0.2) is 0 Å². The van der Waals surface area contributed by atoms with E-state index in [9.17, 15) is 0 Å². The number of amidine groups is 1. The van der Waals surface area contributed by atoms with Gasteiger partial charge in [0.05, 0.1) is 18.5 Å². The van der Waals surface area contributed by atoms with E-state index in [0.29, 0.717) is 18.7 Å². The Balaban J connectivity index is 2.69. The van der Waals surface area contributed by atoms with E-state index in [4.69, 9.17) is 15.9 Å². The van der Waals surface area contributed by atoms with Crippen molar-refractivity contribution in [3.05, 3.63) is 24.0 Å². The highest BCUT2D eigenvalue weighted by Crippen LogP contribution is 2.11. The van der Waals surface area contributed by atoms with Crippen LogP contribution in [0.2, 0.25) is 0 Å². The molecule has 1 rings (SSSR count). The van der Waals surface area contributed by atoms with Crippen LogP contribution < -0.4 is 11.1 Å². The fourth-order valence-corrected chi connectivity index (χ4v) is 1.06. The fourth-order valence-electron chi connectivity index (χ4n) is 1.06. The molecule has 0 spiro atoms. The molecule has 0 amide bonds. The summed E-state index contributed by atoms with van der Waals surface area (Å²) in [7, 11) is 1.64. The molecular weight excluding hydrogens is 180 g/mol. The number of nitrogens with one attached hydrogen (secondary N) is 2. The summed E-state index contributed by atoms with van der Waals surface area (Å²) < 4.78 is 4.90. The van der Waals surface area contributed by atoms with Gasteiger partial charge in [-0.05, 0) is 6.07 Å². The average Bonchev–Trinajstić information content (AvgIpc) is 2.19. The standard InChI is InChI=1S/C9H14N4O/c1-14-5-4-13-8-6-12-3-2-7(8)9(10)11/h2-3,6,13H,4-5H2,1H3,(H3,10,11). The molecule has 14 heavy (non-hydrogen) atoms. The first-order valence-electron chi connectivity index (χ1n) is 4.27. The average molecular weight is 194 g/mol. The van der Waals surface area contributed by atoms with Gasteiger partial charge in [-0.1, -0.05) is 0 Å². The zero-order valence-electron chi connectivity index (χ0n) is 8.08. The van der Waals surface area contributed by atoms with Crippen molar-refractivity contribution in [2.75, 3.05) is 25.6 Å². The van der Waals surface area contributed by atoms with Crippen LogP contribution in [0.5, 0.6) is 0 Å². The Hall–Kier alpha value is -1.62. The lowest BCUT2D eigenvalue weighted by atomic mass is 10.2. The number of nitrogen functional groups attached to an aromatic ring is 1. The molecular formula is C9H14N4O. The number of anilines is 1. The molecule has 0 atom stereocenters. The van der Waals surface area contributed by atoms with Crippen LogP contribution in [0.15, 0.2) is 18.5 Å². The zero-order chi connectivity index (χ0) is 10.4. The second-order valence-corrected chi connectivity index (χ2v) is 2.75. The van der Waals surface area contributed by atoms with Crippen molar-refractivity contribution in [1.29, 1.82) is 5.41 Å². The first-order chi connectivity index (χ1) is 6.75. The Morgan fingerprint density at radius 3 is 3.14 bits per heavy atom. The molecule has 0 aliphatic heterocycles. The van der Waals surface area contributed by atoms with E-state index in [2.05, 4.69) is 10.3 Å². The van der Waals surface area contributed by atoms with Gasteiger partial charge >= 0.3 is 0 Å². The number of aromatic nitrogens is 1. The van der Waals surface area contributed by atoms with Crippen LogP contribution in [0, 0.1) is 5.41 Å². The lowest BCUT2D eigenvalue weighted by Gasteiger charge is -2.09. The number of nitrogens with two attached hydrogens (primary N) is 1. The SMILES string of the molecule is COCCNc1cnccc1C(=N)N. The van der Waals surface area contributed by atoms with Gasteiger partial charge < -0.3 is 15.8 Å². The van der Waals surface area contributed by atoms with E-state index in [0.717, 1.165) is 5.69 Å². The Labute approximate surface area is 82.8 Å². The summed E-state index contributed by atoms with van der Waals surface area (Å²) in [4.78, 5) is 3.95. The third-order valence-corrected chi connectivity index (χ3v) is 1.73. The van der Waals surface area contributed by atoms with Crippen molar-refractivity contribution in [3.63, 3.8) is 0 Å². The van der Waals surface area contributed by atoms with Gasteiger partial charge in [-0.25, -0.2) is 0 Å². The summed E-state index contributed by atoms with van der Waals surface area (Å²) in [6.07, 6.45) is 3.25. The Morgan fingerprint density at radius 2 is 2.50 bits per heavy atom. The van der Waals surface area contributed by atoms with E-state index < -0.39 is 0 Å². The molecule has 0 saturated heterocycles. The van der Waals surface area contributed by atoms with Crippen molar-refractivity contribution in [2.24, 2.45) is 5.73 Å². The Morgan fingerprint density at radius 1 is 1.71 bits per heavy atom. The molecule has 1 aromatic rings. The van der Waals surface area contributed by atoms with Gasteiger partial charge in [-0.3, -0.25) is 10.4 Å². The zero-order valence-corrected chi connectivity index (χ0v) is 8.08. The molecule has 0 saturated carbocycles. The van der Waals surface area contributed by atoms with Crippen LogP contribution in [0.3, 0.4) is 0 Å². The van der Waals surface area contributed by atoms with E-state index in [1.807, 2.05) is 0 Å². The van der Waals surface area contributed by atoms with Crippen LogP contribution in [0.25, 0.3) is 0 Å². The number of pyridine rings is 1. The smallest absolute Gasteiger partial charge is 0.125 e. The highest BCUT2D eigenvalue weighted by Gasteiger charge is 2.03. The highest BCUT2D eigenvalue weighted by molar-refractivity contribution is 5.99. The predicted octanol–water partition coefficient (Wildman–Crippen LogP) is 0.424. The van der Waals surface area contributed by atoms with Crippen molar-refractivity contribution in [1.82, 2.24) is 4.98 Å². The van der Waals surface area contributed by atoms with Gasteiger partial charge in [0.25, 0.3) is 0 Å². The Kier molecular flexibility index (Phi) is 3.87. The maximum Gasteiger partial charge on any atom is 0.125 e. The maximum atomic E-state index is 7.34. The lowest BCUT2D eigenvalue weighted by molar-refractivity contribution is 0.211. The van der Waals surface area contributed by atoms with Crippen molar-refractivity contribution < 1.29 is 4.74 Å². The van der Waals surface area contributed by atoms with Gasteiger partial charge in [0.1, 0.15) is 5.84 Å². The topological polar surface area (TPSA) is 84.0 Å². The molecule has 76 valence electrons. The highest BCUT2D eigenvalue weighted by atomic mass is 16.5. The number of ether oxygens (including phenoxy) is 1. The van der Waals surface area contributed by atoms with Crippen molar-refractivity contribution in [2.45, 2.75) is 0 Å². The second-order valence-electron chi connectivity index (χ2n) is 2.75. The normalized spacial score (nSPS) is 9.79. The summed E-state index contributed by atoms with van der Waals surface area (Å²) in [5, 5.41) is 10.4. The molecule has 0 fully saturated rings. The van der Waals surface area contributed by atoms with Gasteiger partial charge in [0.2, 0.25) is 0 Å². The summed E-state index contributed by atoms with van der Waals surface area (Å²) in [6, 6.07) is 1.71. The predicted molar refractivity (Wildman–Crippen MR) is 55.6 cm³/mol. The quantitative estimate of drug-likeness (QED) is 0.360. The van der Waals surface area contributed by atoms with Crippen LogP contribution in [0.4, 0.5) is 5.69 Å². The summed E-state index contributed by atoms with van der Waals surface area (Å²) >= 11 is 0. The monoisotopic (exact) mass is 194 g/mol. The number of methoxy groups -OCH3 is 1. The minimum atomic E-state index is 0.0346. The number of hydrogen-bond acceptors (Lipinski definition) is 4. The minimum absolute atomic E-state index is 0.0346. The molecule has 0 unspecified atom stereocenters. The number of rotatable bonds is 5. The largest absolute Gasteiger partial charge is 0.384 e. The molecule has 4 N–H and O–H groups in total. The number of hydrogen-bond donors (Lipinski definition) is 3. The first kappa shape index (κ1) is 10.5. The molecule has 0 bridgehead atoms. The molecule has 0 aliphatic carbocycles. The molecule has 0 radical (unpaired) electrons. The maximum absolute atomic E-state index is 7.34. The Bertz CT molecular complexity index is 313. The van der Waals surface area contributed by atoms with Gasteiger partial charge in [-0.15, -0.1) is 0 Å². The van der Waals surface area contributed by atoms with Gasteiger partial charge in [-0.2, -0.15) is 0 Å². The van der Waals surface area contributed by atoms with Crippen LogP contribution in [-0.4, -0.2) is 31.1 Å². The number of nitrogens with zero attached hydrogens (tertiary/aromatic N) is 1. The first-order valence-corrected chi connectivity index (χ1v) is 4.27. The van der Waals surface area contributed by atoms with Crippen LogP contribution >= 0.6 is 0 Å². The van der Waals surface area contributed by atoms with E-state index in [-0.39, 0.29) is 5.84 Å². The molecule has 5 heteroatoms. The fraction of sp³-hybridized carbons (Fsp3) is 0.333.